The largest absolute Gasteiger partial charge is 0.461 e. The molecule has 3 nitrogen and oxygen atoms in total. The van der Waals surface area contributed by atoms with Crippen LogP contribution in [0, 0.1) is 6.42 Å². The Bertz CT molecular complexity index is 680. The summed E-state index contributed by atoms with van der Waals surface area (Å²) in [7, 11) is 0. The maximum Gasteiger partial charge on any atom is 0.306 e. The van der Waals surface area contributed by atoms with Crippen molar-refractivity contribution in [3.05, 3.63) is 65.6 Å². The van der Waals surface area contributed by atoms with E-state index in [1.807, 2.05) is 6.92 Å². The second-order valence-electron chi connectivity index (χ2n) is 8.45. The lowest BCUT2D eigenvalue weighted by Gasteiger charge is -2.33. The molecule has 1 aromatic rings. The fourth-order valence-electron chi connectivity index (χ4n) is 4.06. The molecule has 0 spiro atoms. The van der Waals surface area contributed by atoms with Gasteiger partial charge in [-0.25, -0.2) is 0 Å². The summed E-state index contributed by atoms with van der Waals surface area (Å²) in [6.45, 7) is 12.5. The Morgan fingerprint density at radius 2 is 1.79 bits per heavy atom. The van der Waals surface area contributed by atoms with E-state index in [0.29, 0.717) is 31.0 Å². The van der Waals surface area contributed by atoms with Gasteiger partial charge >= 0.3 is 5.97 Å². The molecular weight excluding hydrogens is 358 g/mol. The summed E-state index contributed by atoms with van der Waals surface area (Å²) in [6.07, 6.45) is 10.0. The number of benzene rings is 1. The van der Waals surface area contributed by atoms with Gasteiger partial charge in [0.1, 0.15) is 6.61 Å². The number of hydrogen-bond acceptors (Lipinski definition) is 3. The van der Waals surface area contributed by atoms with Crippen molar-refractivity contribution in [2.45, 2.75) is 78.3 Å². The lowest BCUT2D eigenvalue weighted by molar-refractivity contribution is -0.142. The van der Waals surface area contributed by atoms with Gasteiger partial charge in [0.2, 0.25) is 0 Å². The lowest BCUT2D eigenvalue weighted by atomic mass is 9.82. The fourth-order valence-corrected chi connectivity index (χ4v) is 4.06. The third-order valence-electron chi connectivity index (χ3n) is 5.55. The van der Waals surface area contributed by atoms with E-state index in [1.54, 1.807) is 0 Å². The van der Waals surface area contributed by atoms with Gasteiger partial charge < -0.3 is 4.74 Å². The van der Waals surface area contributed by atoms with Gasteiger partial charge in [0.15, 0.2) is 0 Å². The van der Waals surface area contributed by atoms with Crippen molar-refractivity contribution in [2.75, 3.05) is 13.2 Å². The van der Waals surface area contributed by atoms with E-state index in [9.17, 15) is 4.79 Å². The van der Waals surface area contributed by atoms with Crippen LogP contribution in [-0.2, 0) is 9.53 Å². The van der Waals surface area contributed by atoms with Gasteiger partial charge in [-0.2, -0.15) is 0 Å². The van der Waals surface area contributed by atoms with Crippen molar-refractivity contribution in [1.29, 1.82) is 0 Å². The smallest absolute Gasteiger partial charge is 0.306 e. The van der Waals surface area contributed by atoms with Crippen LogP contribution >= 0.6 is 0 Å². The topological polar surface area (TPSA) is 29.5 Å². The summed E-state index contributed by atoms with van der Waals surface area (Å²) in [4.78, 5) is 14.3. The molecule has 1 unspecified atom stereocenters. The monoisotopic (exact) mass is 396 g/mol. The van der Waals surface area contributed by atoms with Crippen LogP contribution in [0.4, 0.5) is 0 Å². The van der Waals surface area contributed by atoms with Crippen LogP contribution in [0.15, 0.2) is 53.6 Å². The fraction of sp³-hybridized carbons (Fsp3) is 0.538. The number of rotatable bonds is 11. The highest BCUT2D eigenvalue weighted by molar-refractivity contribution is 5.69. The van der Waals surface area contributed by atoms with Crippen LogP contribution in [0.1, 0.15) is 71.8 Å². The van der Waals surface area contributed by atoms with Crippen molar-refractivity contribution >= 4 is 5.97 Å². The molecule has 0 bridgehead atoms. The molecule has 1 aliphatic rings. The van der Waals surface area contributed by atoms with Crippen LogP contribution < -0.4 is 0 Å². The van der Waals surface area contributed by atoms with Gasteiger partial charge in [0, 0.05) is 24.4 Å². The normalized spacial score (nSPS) is 15.4. The van der Waals surface area contributed by atoms with Gasteiger partial charge in [-0.1, -0.05) is 55.0 Å². The van der Waals surface area contributed by atoms with Crippen molar-refractivity contribution in [3.8, 4) is 0 Å². The number of esters is 1. The van der Waals surface area contributed by atoms with Crippen molar-refractivity contribution < 1.29 is 9.53 Å². The van der Waals surface area contributed by atoms with Crippen molar-refractivity contribution in [3.63, 3.8) is 0 Å². The zero-order valence-electron chi connectivity index (χ0n) is 18.9. The van der Waals surface area contributed by atoms with Gasteiger partial charge in [0.25, 0.3) is 0 Å². The highest BCUT2D eigenvalue weighted by atomic mass is 16.5. The second kappa shape index (κ2) is 12.0. The average molecular weight is 397 g/mol. The molecule has 0 aliphatic heterocycles. The Kier molecular flexibility index (Phi) is 9.66. The van der Waals surface area contributed by atoms with Gasteiger partial charge in [-0.3, -0.25) is 9.69 Å². The molecule has 1 aromatic carbocycles. The number of allylic oxidation sites excluding steroid dienone is 2. The predicted octanol–water partition coefficient (Wildman–Crippen LogP) is 6.08. The summed E-state index contributed by atoms with van der Waals surface area (Å²) < 4.78 is 5.44. The Morgan fingerprint density at radius 3 is 2.41 bits per heavy atom. The van der Waals surface area contributed by atoms with E-state index < -0.39 is 0 Å². The SMILES string of the molecule is CCCC(=O)OCC1=CC[CH]C(C(CCN(C(C)C)C(C)C)c2ccccc2)=C1. The van der Waals surface area contributed by atoms with Gasteiger partial charge in [-0.05, 0) is 71.1 Å². The van der Waals surface area contributed by atoms with E-state index in [2.05, 4.69) is 81.5 Å². The Hall–Kier alpha value is -1.87. The molecule has 0 N–H and O–H groups in total. The molecular formula is C26H38NO2. The molecule has 0 saturated heterocycles. The molecule has 1 radical (unpaired) electrons. The zero-order chi connectivity index (χ0) is 21.2. The van der Waals surface area contributed by atoms with E-state index in [1.165, 1.54) is 11.1 Å². The van der Waals surface area contributed by atoms with E-state index in [-0.39, 0.29) is 5.97 Å². The Morgan fingerprint density at radius 1 is 1.10 bits per heavy atom. The number of carbonyl (C=O) groups is 1. The van der Waals surface area contributed by atoms with Crippen LogP contribution in [0.3, 0.4) is 0 Å². The highest BCUT2D eigenvalue weighted by Crippen LogP contribution is 2.34. The minimum Gasteiger partial charge on any atom is -0.461 e. The molecule has 3 heteroatoms. The maximum absolute atomic E-state index is 11.7. The van der Waals surface area contributed by atoms with Crippen LogP contribution in [0.25, 0.3) is 0 Å². The summed E-state index contributed by atoms with van der Waals surface area (Å²) in [5.74, 6) is 0.244. The minimum atomic E-state index is -0.109. The second-order valence-corrected chi connectivity index (χ2v) is 8.45. The van der Waals surface area contributed by atoms with E-state index in [4.69, 9.17) is 4.74 Å². The molecule has 0 fully saturated rings. The molecule has 0 aromatic heterocycles. The average Bonchev–Trinajstić information content (AvgIpc) is 2.70. The summed E-state index contributed by atoms with van der Waals surface area (Å²) >= 11 is 0. The van der Waals surface area contributed by atoms with Crippen LogP contribution in [0.2, 0.25) is 0 Å². The molecule has 1 atom stereocenters. The Labute approximate surface area is 177 Å². The summed E-state index contributed by atoms with van der Waals surface area (Å²) in [6, 6.07) is 11.8. The van der Waals surface area contributed by atoms with Gasteiger partial charge in [0.05, 0.1) is 0 Å². The molecule has 0 heterocycles. The van der Waals surface area contributed by atoms with Crippen LogP contribution in [0.5, 0.6) is 0 Å². The molecule has 1 aliphatic carbocycles. The first kappa shape index (κ1) is 23.4. The third-order valence-corrected chi connectivity index (χ3v) is 5.55. The van der Waals surface area contributed by atoms with Gasteiger partial charge in [-0.15, -0.1) is 0 Å². The number of carbonyl (C=O) groups excluding carboxylic acids is 1. The lowest BCUT2D eigenvalue weighted by Crippen LogP contribution is -2.38. The maximum atomic E-state index is 11.7. The molecule has 159 valence electrons. The van der Waals surface area contributed by atoms with Crippen molar-refractivity contribution in [2.24, 2.45) is 0 Å². The standard InChI is InChI=1S/C26H38NO2/c1-6-11-26(28)29-19-22-12-10-15-24(18-22)25(23-13-8-7-9-14-23)16-17-27(20(2)3)21(4)5/h7-9,12-15,18,20-21,25H,6,10-11,16-17,19H2,1-5H3. The number of ether oxygens (including phenoxy) is 1. The quantitative estimate of drug-likeness (QED) is 0.424. The van der Waals surface area contributed by atoms with Crippen molar-refractivity contribution in [1.82, 2.24) is 4.90 Å². The third kappa shape index (κ3) is 7.47. The predicted molar refractivity (Wildman–Crippen MR) is 122 cm³/mol. The number of nitrogens with zero attached hydrogens (tertiary/aromatic N) is 1. The minimum absolute atomic E-state index is 0.109. The molecule has 29 heavy (non-hydrogen) atoms. The van der Waals surface area contributed by atoms with E-state index in [0.717, 1.165) is 31.4 Å². The van der Waals surface area contributed by atoms with E-state index >= 15 is 0 Å². The summed E-state index contributed by atoms with van der Waals surface area (Å²) in [5.41, 5.74) is 3.80. The molecule has 0 amide bonds. The number of hydrogen-bond donors (Lipinski definition) is 0. The first-order valence-electron chi connectivity index (χ1n) is 11.1. The molecule has 0 saturated carbocycles. The molecule has 2 rings (SSSR count). The summed E-state index contributed by atoms with van der Waals surface area (Å²) in [5, 5.41) is 0. The first-order chi connectivity index (χ1) is 13.9. The Balaban J connectivity index is 2.15. The zero-order valence-corrected chi connectivity index (χ0v) is 18.9. The first-order valence-corrected chi connectivity index (χ1v) is 11.1. The van der Waals surface area contributed by atoms with Crippen LogP contribution in [-0.4, -0.2) is 36.1 Å². The highest BCUT2D eigenvalue weighted by Gasteiger charge is 2.22.